The molecule has 0 unspecified atom stereocenters. The Morgan fingerprint density at radius 2 is 1.88 bits per heavy atom. The maximum atomic E-state index is 12.5. The number of amidine groups is 1. The minimum Gasteiger partial charge on any atom is -0.493 e. The molecule has 25 heavy (non-hydrogen) atoms. The monoisotopic (exact) mass is 360 g/mol. The van der Waals surface area contributed by atoms with E-state index in [4.69, 9.17) is 14.2 Å². The summed E-state index contributed by atoms with van der Waals surface area (Å²) >= 11 is 1.55. The van der Waals surface area contributed by atoms with E-state index in [0.29, 0.717) is 22.8 Å². The van der Waals surface area contributed by atoms with Crippen LogP contribution in [-0.2, 0) is 9.53 Å². The first kappa shape index (κ1) is 17.4. The molecule has 1 atom stereocenters. The van der Waals surface area contributed by atoms with E-state index >= 15 is 0 Å². The highest BCUT2D eigenvalue weighted by Crippen LogP contribution is 2.45. The fraction of sp³-hybridized carbons (Fsp3) is 0.333. The minimum absolute atomic E-state index is 0.328. The molecule has 2 aliphatic rings. The van der Waals surface area contributed by atoms with E-state index in [9.17, 15) is 4.79 Å². The molecule has 6 nitrogen and oxygen atoms in total. The molecule has 1 aromatic rings. The fourth-order valence-electron chi connectivity index (χ4n) is 3.04. The van der Waals surface area contributed by atoms with Crippen LogP contribution in [0.2, 0.25) is 0 Å². The molecule has 0 saturated heterocycles. The number of esters is 1. The molecule has 0 radical (unpaired) electrons. The van der Waals surface area contributed by atoms with Gasteiger partial charge in [0.1, 0.15) is 0 Å². The highest BCUT2D eigenvalue weighted by Gasteiger charge is 2.39. The maximum Gasteiger partial charge on any atom is 0.338 e. The lowest BCUT2D eigenvalue weighted by atomic mass is 9.94. The van der Waals surface area contributed by atoms with Gasteiger partial charge in [0.05, 0.1) is 38.6 Å². The van der Waals surface area contributed by atoms with E-state index in [1.165, 1.54) is 7.11 Å². The predicted octanol–water partition coefficient (Wildman–Crippen LogP) is 3.47. The van der Waals surface area contributed by atoms with Crippen molar-refractivity contribution in [3.05, 3.63) is 46.1 Å². The van der Waals surface area contributed by atoms with Crippen molar-refractivity contribution in [2.75, 3.05) is 21.3 Å². The van der Waals surface area contributed by atoms with Crippen molar-refractivity contribution in [2.45, 2.75) is 19.9 Å². The standard InChI is InChI=1S/C18H20N2O4S/c1-10-9-25-18-19-11(2)15(17(21)24-5)16(20(10)18)12-6-7-13(22-3)14(8-12)23-4/h6-9,16H,1-5H3/t16-/m0/s1. The smallest absolute Gasteiger partial charge is 0.338 e. The largest absolute Gasteiger partial charge is 0.493 e. The Balaban J connectivity index is 2.17. The molecule has 2 aliphatic heterocycles. The van der Waals surface area contributed by atoms with Crippen LogP contribution in [0.15, 0.2) is 45.6 Å². The lowest BCUT2D eigenvalue weighted by Gasteiger charge is -2.35. The SMILES string of the molecule is COC(=O)C1=C(C)N=C2SC=C(C)N2[C@H]1c1ccc(OC)c(OC)c1. The summed E-state index contributed by atoms with van der Waals surface area (Å²) in [6.07, 6.45) is 0. The van der Waals surface area contributed by atoms with Crippen LogP contribution in [0.3, 0.4) is 0 Å². The van der Waals surface area contributed by atoms with Crippen LogP contribution in [0.4, 0.5) is 0 Å². The fourth-order valence-corrected chi connectivity index (χ4v) is 3.98. The zero-order chi connectivity index (χ0) is 18.1. The number of thioether (sulfide) groups is 1. The van der Waals surface area contributed by atoms with Crippen molar-refractivity contribution >= 4 is 22.9 Å². The second-order valence-corrected chi connectivity index (χ2v) is 6.49. The Labute approximate surface area is 151 Å². The Morgan fingerprint density at radius 3 is 2.52 bits per heavy atom. The van der Waals surface area contributed by atoms with Gasteiger partial charge >= 0.3 is 5.97 Å². The summed E-state index contributed by atoms with van der Waals surface area (Å²) in [4.78, 5) is 19.1. The quantitative estimate of drug-likeness (QED) is 0.766. The predicted molar refractivity (Wildman–Crippen MR) is 97.6 cm³/mol. The molecule has 0 aliphatic carbocycles. The number of nitrogens with zero attached hydrogens (tertiary/aromatic N) is 2. The average Bonchev–Trinajstić information content (AvgIpc) is 2.99. The minimum atomic E-state index is -0.384. The van der Waals surface area contributed by atoms with Gasteiger partial charge in [0.2, 0.25) is 0 Å². The molecular weight excluding hydrogens is 340 g/mol. The van der Waals surface area contributed by atoms with E-state index in [0.717, 1.165) is 16.4 Å². The molecule has 132 valence electrons. The number of hydrogen-bond acceptors (Lipinski definition) is 7. The molecular formula is C18H20N2O4S. The molecule has 0 spiro atoms. The number of ether oxygens (including phenoxy) is 3. The first-order valence-electron chi connectivity index (χ1n) is 7.74. The first-order valence-corrected chi connectivity index (χ1v) is 8.62. The summed E-state index contributed by atoms with van der Waals surface area (Å²) < 4.78 is 15.8. The van der Waals surface area contributed by atoms with Gasteiger partial charge in [-0.15, -0.1) is 0 Å². The van der Waals surface area contributed by atoms with Gasteiger partial charge in [0.15, 0.2) is 16.7 Å². The summed E-state index contributed by atoms with van der Waals surface area (Å²) in [5.41, 5.74) is 3.11. The van der Waals surface area contributed by atoms with Gasteiger partial charge in [-0.2, -0.15) is 0 Å². The van der Waals surface area contributed by atoms with Crippen molar-refractivity contribution in [1.29, 1.82) is 0 Å². The third kappa shape index (κ3) is 2.89. The molecule has 0 fully saturated rings. The van der Waals surface area contributed by atoms with E-state index in [-0.39, 0.29) is 12.0 Å². The molecule has 7 heteroatoms. The number of rotatable bonds is 4. The van der Waals surface area contributed by atoms with Gasteiger partial charge < -0.3 is 19.1 Å². The van der Waals surface area contributed by atoms with E-state index < -0.39 is 0 Å². The average molecular weight is 360 g/mol. The van der Waals surface area contributed by atoms with Crippen LogP contribution < -0.4 is 9.47 Å². The first-order chi connectivity index (χ1) is 12.0. The number of allylic oxidation sites excluding steroid dienone is 2. The number of aliphatic imine (C=N–C) groups is 1. The molecule has 0 N–H and O–H groups in total. The number of methoxy groups -OCH3 is 3. The Kier molecular flexibility index (Phi) is 4.76. The third-order valence-corrected chi connectivity index (χ3v) is 5.19. The lowest BCUT2D eigenvalue weighted by molar-refractivity contribution is -0.136. The van der Waals surface area contributed by atoms with Crippen molar-refractivity contribution in [2.24, 2.45) is 4.99 Å². The van der Waals surface area contributed by atoms with Crippen molar-refractivity contribution in [3.8, 4) is 11.5 Å². The number of benzene rings is 1. The molecule has 3 rings (SSSR count). The van der Waals surface area contributed by atoms with E-state index in [2.05, 4.69) is 4.99 Å². The number of hydrogen-bond donors (Lipinski definition) is 0. The van der Waals surface area contributed by atoms with Gasteiger partial charge in [0.25, 0.3) is 0 Å². The van der Waals surface area contributed by atoms with Crippen molar-refractivity contribution in [1.82, 2.24) is 4.90 Å². The number of carbonyl (C=O) groups excluding carboxylic acids is 1. The summed E-state index contributed by atoms with van der Waals surface area (Å²) in [5, 5.41) is 2.88. The van der Waals surface area contributed by atoms with Crippen LogP contribution in [0.1, 0.15) is 25.5 Å². The Hall–Kier alpha value is -2.41. The zero-order valence-electron chi connectivity index (χ0n) is 14.8. The summed E-state index contributed by atoms with van der Waals surface area (Å²) in [6, 6.07) is 5.33. The lowest BCUT2D eigenvalue weighted by Crippen LogP contribution is -2.35. The molecule has 0 bridgehead atoms. The van der Waals surface area contributed by atoms with Crippen molar-refractivity contribution < 1.29 is 19.0 Å². The normalized spacial score (nSPS) is 19.2. The Bertz CT molecular complexity index is 813. The summed E-state index contributed by atoms with van der Waals surface area (Å²) in [7, 11) is 4.57. The van der Waals surface area contributed by atoms with Crippen LogP contribution in [0.25, 0.3) is 0 Å². The van der Waals surface area contributed by atoms with Gasteiger partial charge in [-0.05, 0) is 37.0 Å². The highest BCUT2D eigenvalue weighted by atomic mass is 32.2. The van der Waals surface area contributed by atoms with Crippen LogP contribution >= 0.6 is 11.8 Å². The van der Waals surface area contributed by atoms with Gasteiger partial charge in [0, 0.05) is 5.70 Å². The molecule has 0 amide bonds. The molecule has 0 aromatic heterocycles. The second-order valence-electron chi connectivity index (χ2n) is 5.65. The van der Waals surface area contributed by atoms with E-state index in [1.807, 2.05) is 42.4 Å². The third-order valence-electron chi connectivity index (χ3n) is 4.23. The number of carbonyl (C=O) groups is 1. The maximum absolute atomic E-state index is 12.5. The van der Waals surface area contributed by atoms with Gasteiger partial charge in [-0.25, -0.2) is 9.79 Å². The van der Waals surface area contributed by atoms with Crippen molar-refractivity contribution in [3.63, 3.8) is 0 Å². The number of fused-ring (bicyclic) bond motifs is 1. The van der Waals surface area contributed by atoms with Crippen LogP contribution in [0.5, 0.6) is 11.5 Å². The van der Waals surface area contributed by atoms with E-state index in [1.54, 1.807) is 26.0 Å². The second kappa shape index (κ2) is 6.84. The molecule has 1 aromatic carbocycles. The summed E-state index contributed by atoms with van der Waals surface area (Å²) in [6.45, 7) is 3.83. The highest BCUT2D eigenvalue weighted by molar-refractivity contribution is 8.16. The van der Waals surface area contributed by atoms with Gasteiger partial charge in [-0.3, -0.25) is 0 Å². The van der Waals surface area contributed by atoms with Crippen LogP contribution in [0, 0.1) is 0 Å². The Morgan fingerprint density at radius 1 is 1.16 bits per heavy atom. The molecule has 2 heterocycles. The summed E-state index contributed by atoms with van der Waals surface area (Å²) in [5.74, 6) is 0.864. The van der Waals surface area contributed by atoms with Gasteiger partial charge in [-0.1, -0.05) is 17.8 Å². The zero-order valence-corrected chi connectivity index (χ0v) is 15.6. The van der Waals surface area contributed by atoms with Crippen LogP contribution in [-0.4, -0.2) is 37.4 Å². The molecule has 0 saturated carbocycles. The topological polar surface area (TPSA) is 60.4 Å².